The molecule has 3 unspecified atom stereocenters. The van der Waals surface area contributed by atoms with Crippen LogP contribution in [0.1, 0.15) is 149 Å². The number of aliphatic carboxylic acids is 1. The molecule has 0 bridgehead atoms. The first-order valence-corrected chi connectivity index (χ1v) is 20.0. The van der Waals surface area contributed by atoms with Crippen LogP contribution >= 0.6 is 7.82 Å². The summed E-state index contributed by atoms with van der Waals surface area (Å²) < 4.78 is 26.7. The number of phosphoric ester groups is 1. The SMILES string of the molecule is CCC/C=C\CCCCCCCC(=O)NC(COP(=O)(O)OCC(O)COC(=O)CCCCCCC/C=C\C/C=C\CCCCC)C(=O)O. The van der Waals surface area contributed by atoms with Crippen molar-refractivity contribution in [3.8, 4) is 0 Å². The van der Waals surface area contributed by atoms with E-state index in [1.807, 2.05) is 0 Å². The van der Waals surface area contributed by atoms with E-state index < -0.39 is 57.6 Å². The number of esters is 1. The predicted octanol–water partition coefficient (Wildman–Crippen LogP) is 8.49. The number of rotatable bonds is 34. The van der Waals surface area contributed by atoms with Gasteiger partial charge < -0.3 is 25.2 Å². The Kier molecular flexibility index (Phi) is 31.3. The quantitative estimate of drug-likeness (QED) is 0.0219. The van der Waals surface area contributed by atoms with Crippen LogP contribution < -0.4 is 5.32 Å². The molecule has 0 saturated heterocycles. The van der Waals surface area contributed by atoms with E-state index in [-0.39, 0.29) is 12.8 Å². The second kappa shape index (κ2) is 32.9. The number of aliphatic hydroxyl groups is 1. The average molecular weight is 716 g/mol. The summed E-state index contributed by atoms with van der Waals surface area (Å²) in [6, 6.07) is -1.55. The Morgan fingerprint density at radius 1 is 0.653 bits per heavy atom. The van der Waals surface area contributed by atoms with Gasteiger partial charge in [-0.15, -0.1) is 0 Å². The number of unbranched alkanes of at least 4 members (excludes halogenated alkanes) is 14. The van der Waals surface area contributed by atoms with Gasteiger partial charge in [-0.1, -0.05) is 108 Å². The number of aliphatic hydroxyl groups excluding tert-OH is 1. The lowest BCUT2D eigenvalue weighted by Crippen LogP contribution is -2.43. The molecule has 0 aliphatic rings. The van der Waals surface area contributed by atoms with Gasteiger partial charge in [0.25, 0.3) is 0 Å². The van der Waals surface area contributed by atoms with E-state index in [0.717, 1.165) is 89.9 Å². The Labute approximate surface area is 295 Å². The first kappa shape index (κ1) is 46.7. The van der Waals surface area contributed by atoms with E-state index in [4.69, 9.17) is 13.8 Å². The maximum atomic E-state index is 12.2. The summed E-state index contributed by atoms with van der Waals surface area (Å²) in [4.78, 5) is 45.6. The van der Waals surface area contributed by atoms with E-state index >= 15 is 0 Å². The largest absolute Gasteiger partial charge is 0.480 e. The van der Waals surface area contributed by atoms with Crippen LogP contribution in [0.25, 0.3) is 0 Å². The van der Waals surface area contributed by atoms with E-state index in [1.165, 1.54) is 19.3 Å². The zero-order valence-corrected chi connectivity index (χ0v) is 31.1. The second-order valence-electron chi connectivity index (χ2n) is 12.4. The number of carboxylic acid groups (broad SMARTS) is 1. The number of amides is 1. The van der Waals surface area contributed by atoms with Gasteiger partial charge in [0.15, 0.2) is 6.04 Å². The van der Waals surface area contributed by atoms with Crippen molar-refractivity contribution < 1.29 is 47.8 Å². The molecule has 0 fully saturated rings. The molecule has 0 aromatic heterocycles. The van der Waals surface area contributed by atoms with Crippen molar-refractivity contribution in [2.24, 2.45) is 0 Å². The molecule has 49 heavy (non-hydrogen) atoms. The third kappa shape index (κ3) is 32.7. The lowest BCUT2D eigenvalue weighted by molar-refractivity contribution is -0.147. The summed E-state index contributed by atoms with van der Waals surface area (Å²) in [5.74, 6) is -2.41. The molecular weight excluding hydrogens is 649 g/mol. The topological polar surface area (TPSA) is 169 Å². The summed E-state index contributed by atoms with van der Waals surface area (Å²) in [6.45, 7) is 2.44. The summed E-state index contributed by atoms with van der Waals surface area (Å²) in [7, 11) is -4.75. The van der Waals surface area contributed by atoms with Gasteiger partial charge in [0, 0.05) is 12.8 Å². The van der Waals surface area contributed by atoms with Crippen LogP contribution in [0.3, 0.4) is 0 Å². The van der Waals surface area contributed by atoms with Crippen molar-refractivity contribution >= 4 is 25.7 Å². The number of nitrogens with one attached hydrogen (secondary N) is 1. The molecule has 0 saturated carbocycles. The van der Waals surface area contributed by atoms with Crippen LogP contribution in [-0.4, -0.2) is 64.9 Å². The number of hydrogen-bond donors (Lipinski definition) is 4. The third-order valence-corrected chi connectivity index (χ3v) is 8.58. The second-order valence-corrected chi connectivity index (χ2v) is 13.9. The van der Waals surface area contributed by atoms with Crippen LogP contribution in [-0.2, 0) is 32.7 Å². The highest BCUT2D eigenvalue weighted by Gasteiger charge is 2.28. The van der Waals surface area contributed by atoms with Crippen LogP contribution in [0.2, 0.25) is 0 Å². The van der Waals surface area contributed by atoms with Gasteiger partial charge in [-0.2, -0.15) is 0 Å². The summed E-state index contributed by atoms with van der Waals surface area (Å²) in [5, 5.41) is 21.7. The number of hydrogen-bond acceptors (Lipinski definition) is 8. The lowest BCUT2D eigenvalue weighted by Gasteiger charge is -2.18. The zero-order valence-electron chi connectivity index (χ0n) is 30.2. The Hall–Kier alpha value is -2.30. The van der Waals surface area contributed by atoms with Crippen molar-refractivity contribution in [2.75, 3.05) is 19.8 Å². The maximum absolute atomic E-state index is 12.2. The summed E-state index contributed by atoms with van der Waals surface area (Å²) in [5.41, 5.74) is 0. The first-order valence-electron chi connectivity index (χ1n) is 18.5. The lowest BCUT2D eigenvalue weighted by atomic mass is 10.1. The summed E-state index contributed by atoms with van der Waals surface area (Å²) >= 11 is 0. The zero-order chi connectivity index (χ0) is 36.4. The number of phosphoric acid groups is 1. The summed E-state index contributed by atoms with van der Waals surface area (Å²) in [6.07, 6.45) is 31.9. The smallest absolute Gasteiger partial charge is 0.472 e. The van der Waals surface area contributed by atoms with Crippen molar-refractivity contribution in [2.45, 2.75) is 161 Å². The van der Waals surface area contributed by atoms with E-state index in [0.29, 0.717) is 12.8 Å². The molecule has 12 heteroatoms. The predicted molar refractivity (Wildman–Crippen MR) is 194 cm³/mol. The van der Waals surface area contributed by atoms with Crippen LogP contribution in [0.5, 0.6) is 0 Å². The Morgan fingerprint density at radius 2 is 1.16 bits per heavy atom. The van der Waals surface area contributed by atoms with Crippen LogP contribution in [0.15, 0.2) is 36.5 Å². The Morgan fingerprint density at radius 3 is 1.76 bits per heavy atom. The normalized spacial score (nSPS) is 14.4. The third-order valence-electron chi connectivity index (χ3n) is 7.63. The maximum Gasteiger partial charge on any atom is 0.472 e. The van der Waals surface area contributed by atoms with Gasteiger partial charge in [-0.25, -0.2) is 9.36 Å². The van der Waals surface area contributed by atoms with Crippen LogP contribution in [0, 0.1) is 0 Å². The molecular formula is C37H66NO10P. The van der Waals surface area contributed by atoms with Gasteiger partial charge in [0.1, 0.15) is 12.7 Å². The van der Waals surface area contributed by atoms with Crippen molar-refractivity contribution in [3.63, 3.8) is 0 Å². The van der Waals surface area contributed by atoms with Gasteiger partial charge in [0.05, 0.1) is 13.2 Å². The Bertz CT molecular complexity index is 984. The monoisotopic (exact) mass is 715 g/mol. The fourth-order valence-electron chi connectivity index (χ4n) is 4.70. The van der Waals surface area contributed by atoms with E-state index in [1.54, 1.807) is 0 Å². The molecule has 0 aliphatic carbocycles. The van der Waals surface area contributed by atoms with Gasteiger partial charge in [-0.05, 0) is 64.2 Å². The highest BCUT2D eigenvalue weighted by molar-refractivity contribution is 7.47. The minimum absolute atomic E-state index is 0.133. The van der Waals surface area contributed by atoms with Crippen molar-refractivity contribution in [1.82, 2.24) is 5.32 Å². The average Bonchev–Trinajstić information content (AvgIpc) is 3.07. The molecule has 4 N–H and O–H groups in total. The number of allylic oxidation sites excluding steroid dienone is 6. The van der Waals surface area contributed by atoms with E-state index in [9.17, 15) is 34.1 Å². The molecule has 0 rings (SSSR count). The molecule has 284 valence electrons. The molecule has 0 aromatic rings. The molecule has 0 radical (unpaired) electrons. The van der Waals surface area contributed by atoms with Gasteiger partial charge in [-0.3, -0.25) is 18.6 Å². The minimum Gasteiger partial charge on any atom is -0.480 e. The van der Waals surface area contributed by atoms with Gasteiger partial charge >= 0.3 is 19.8 Å². The fourth-order valence-corrected chi connectivity index (χ4v) is 5.47. The highest BCUT2D eigenvalue weighted by atomic mass is 31.2. The minimum atomic E-state index is -4.75. The first-order chi connectivity index (χ1) is 23.6. The van der Waals surface area contributed by atoms with Crippen molar-refractivity contribution in [3.05, 3.63) is 36.5 Å². The number of carboxylic acids is 1. The molecule has 0 aromatic carbocycles. The van der Waals surface area contributed by atoms with E-state index in [2.05, 4.69) is 55.6 Å². The van der Waals surface area contributed by atoms with Gasteiger partial charge in [0.2, 0.25) is 5.91 Å². The fraction of sp³-hybridized carbons (Fsp3) is 0.757. The molecule has 1 amide bonds. The molecule has 0 heterocycles. The highest BCUT2D eigenvalue weighted by Crippen LogP contribution is 2.43. The standard InChI is InChI=1S/C37H66NO10P/c1-3-5-7-9-11-13-15-16-17-18-19-21-23-25-27-29-36(41)46-30-33(39)31-47-49(44,45)48-32-34(37(42)43)38-35(40)28-26-24-22-20-14-12-10-8-6-4-2/h8,10-11,13,16-17,33-34,39H,3-7,9,12,14-15,18-32H2,1-2H3,(H,38,40)(H,42,43)(H,44,45)/b10-8-,13-11-,17-16-. The molecule has 11 nitrogen and oxygen atoms in total. The van der Waals surface area contributed by atoms with Crippen molar-refractivity contribution in [1.29, 1.82) is 0 Å². The number of ether oxygens (including phenoxy) is 1. The molecule has 0 spiro atoms. The number of carbonyl (C=O) groups is 3. The molecule has 3 atom stereocenters. The number of carbonyl (C=O) groups excluding carboxylic acids is 2. The molecule has 0 aliphatic heterocycles. The van der Waals surface area contributed by atoms with Crippen LogP contribution in [0.4, 0.5) is 0 Å². The Balaban J connectivity index is 3.99.